The number of nitrogens with one attached hydrogen (secondary N) is 1. The minimum Gasteiger partial charge on any atom is -0.427 e. The van der Waals surface area contributed by atoms with Gasteiger partial charge in [-0.15, -0.1) is 0 Å². The number of piperidine rings is 1. The number of rotatable bonds is 6. The molecule has 162 valence electrons. The van der Waals surface area contributed by atoms with E-state index in [1.54, 1.807) is 47.4 Å². The first-order valence-electron chi connectivity index (χ1n) is 10.2. The van der Waals surface area contributed by atoms with Crippen LogP contribution in [0.2, 0.25) is 5.02 Å². The molecule has 1 fully saturated rings. The molecule has 1 heterocycles. The highest BCUT2D eigenvalue weighted by atomic mass is 35.5. The van der Waals surface area contributed by atoms with Gasteiger partial charge in [-0.1, -0.05) is 29.8 Å². The number of hydrogen-bond donors (Lipinski definition) is 1. The fourth-order valence-electron chi connectivity index (χ4n) is 3.47. The van der Waals surface area contributed by atoms with Gasteiger partial charge < -0.3 is 15.0 Å². The first-order chi connectivity index (χ1) is 14.9. The number of carbonyl (C=O) groups excluding carboxylic acids is 3. The lowest BCUT2D eigenvalue weighted by Gasteiger charge is -2.32. The van der Waals surface area contributed by atoms with Crippen molar-refractivity contribution in [1.82, 2.24) is 10.2 Å². The highest BCUT2D eigenvalue weighted by Crippen LogP contribution is 2.21. The predicted octanol–water partition coefficient (Wildman–Crippen LogP) is 3.95. The van der Waals surface area contributed by atoms with E-state index in [0.29, 0.717) is 41.9 Å². The zero-order valence-electron chi connectivity index (χ0n) is 17.3. The SMILES string of the molecule is CC(=O)Oc1cccc(C(=O)N2CCC(CNC(=O)/C=C/c3cccc(Cl)c3)CC2)c1. The standard InChI is InChI=1S/C24H25ClN2O4/c1-17(28)31-22-7-3-5-20(15-22)24(30)27-12-10-19(11-13-27)16-26-23(29)9-8-18-4-2-6-21(25)14-18/h2-9,14-15,19H,10-13,16H2,1H3,(H,26,29)/b9-8+. The summed E-state index contributed by atoms with van der Waals surface area (Å²) in [5.74, 6) is 0.0262. The number of likely N-dealkylation sites (tertiary alicyclic amines) is 1. The maximum absolute atomic E-state index is 12.8. The van der Waals surface area contributed by atoms with Crippen LogP contribution in [-0.2, 0) is 9.59 Å². The Morgan fingerprint density at radius 2 is 1.87 bits per heavy atom. The van der Waals surface area contributed by atoms with Gasteiger partial charge in [0.15, 0.2) is 0 Å². The van der Waals surface area contributed by atoms with Crippen molar-refractivity contribution < 1.29 is 19.1 Å². The molecule has 0 unspecified atom stereocenters. The van der Waals surface area contributed by atoms with Crippen LogP contribution >= 0.6 is 11.6 Å². The summed E-state index contributed by atoms with van der Waals surface area (Å²) >= 11 is 5.94. The fourth-order valence-corrected chi connectivity index (χ4v) is 3.67. The molecule has 0 saturated carbocycles. The van der Waals surface area contributed by atoms with Crippen molar-refractivity contribution in [2.45, 2.75) is 19.8 Å². The summed E-state index contributed by atoms with van der Waals surface area (Å²) in [5.41, 5.74) is 1.36. The van der Waals surface area contributed by atoms with Crippen molar-refractivity contribution in [2.75, 3.05) is 19.6 Å². The lowest BCUT2D eigenvalue weighted by atomic mass is 9.96. The summed E-state index contributed by atoms with van der Waals surface area (Å²) < 4.78 is 5.06. The van der Waals surface area contributed by atoms with Crippen LogP contribution in [0.5, 0.6) is 5.75 Å². The summed E-state index contributed by atoms with van der Waals surface area (Å²) in [5, 5.41) is 3.55. The van der Waals surface area contributed by atoms with Crippen LogP contribution in [-0.4, -0.2) is 42.3 Å². The molecule has 1 saturated heterocycles. The highest BCUT2D eigenvalue weighted by Gasteiger charge is 2.24. The molecule has 3 rings (SSSR count). The summed E-state index contributed by atoms with van der Waals surface area (Å²) in [6.07, 6.45) is 4.86. The largest absolute Gasteiger partial charge is 0.427 e. The van der Waals surface area contributed by atoms with Gasteiger partial charge in [0, 0.05) is 43.2 Å². The van der Waals surface area contributed by atoms with Crippen molar-refractivity contribution in [3.05, 3.63) is 70.8 Å². The number of benzene rings is 2. The van der Waals surface area contributed by atoms with E-state index >= 15 is 0 Å². The van der Waals surface area contributed by atoms with Crippen LogP contribution in [0, 0.1) is 5.92 Å². The molecule has 0 radical (unpaired) electrons. The Morgan fingerprint density at radius 3 is 2.58 bits per heavy atom. The van der Waals surface area contributed by atoms with Gasteiger partial charge in [0.25, 0.3) is 5.91 Å². The van der Waals surface area contributed by atoms with E-state index in [4.69, 9.17) is 16.3 Å². The van der Waals surface area contributed by atoms with Gasteiger partial charge in [0.05, 0.1) is 0 Å². The molecule has 7 heteroatoms. The Labute approximate surface area is 186 Å². The van der Waals surface area contributed by atoms with E-state index in [-0.39, 0.29) is 11.8 Å². The zero-order valence-corrected chi connectivity index (χ0v) is 18.1. The van der Waals surface area contributed by atoms with E-state index in [9.17, 15) is 14.4 Å². The summed E-state index contributed by atoms with van der Waals surface area (Å²) in [4.78, 5) is 37.7. The average Bonchev–Trinajstić information content (AvgIpc) is 2.76. The molecule has 0 atom stereocenters. The second-order valence-corrected chi connectivity index (χ2v) is 7.93. The normalized spacial score (nSPS) is 14.5. The van der Waals surface area contributed by atoms with Gasteiger partial charge in [-0.2, -0.15) is 0 Å². The van der Waals surface area contributed by atoms with E-state index in [1.165, 1.54) is 13.0 Å². The summed E-state index contributed by atoms with van der Waals surface area (Å²) in [7, 11) is 0. The van der Waals surface area contributed by atoms with Gasteiger partial charge in [0.1, 0.15) is 5.75 Å². The molecule has 31 heavy (non-hydrogen) atoms. The number of nitrogens with zero attached hydrogens (tertiary/aromatic N) is 1. The lowest BCUT2D eigenvalue weighted by Crippen LogP contribution is -2.41. The van der Waals surface area contributed by atoms with E-state index < -0.39 is 5.97 Å². The van der Waals surface area contributed by atoms with Gasteiger partial charge in [-0.05, 0) is 60.7 Å². The highest BCUT2D eigenvalue weighted by molar-refractivity contribution is 6.30. The number of hydrogen-bond acceptors (Lipinski definition) is 4. The molecule has 2 aromatic rings. The molecular weight excluding hydrogens is 416 g/mol. The van der Waals surface area contributed by atoms with Gasteiger partial charge in [-0.3, -0.25) is 14.4 Å². The zero-order chi connectivity index (χ0) is 22.2. The van der Waals surface area contributed by atoms with Crippen molar-refractivity contribution in [3.63, 3.8) is 0 Å². The van der Waals surface area contributed by atoms with E-state index in [2.05, 4.69) is 5.32 Å². The van der Waals surface area contributed by atoms with Crippen LogP contribution < -0.4 is 10.1 Å². The predicted molar refractivity (Wildman–Crippen MR) is 120 cm³/mol. The van der Waals surface area contributed by atoms with Crippen molar-refractivity contribution >= 4 is 35.5 Å². The number of esters is 1. The van der Waals surface area contributed by atoms with Gasteiger partial charge in [0.2, 0.25) is 5.91 Å². The molecule has 2 aromatic carbocycles. The molecule has 0 aliphatic carbocycles. The van der Waals surface area contributed by atoms with Crippen LogP contribution in [0.25, 0.3) is 6.08 Å². The molecule has 0 aromatic heterocycles. The summed E-state index contributed by atoms with van der Waals surface area (Å²) in [6.45, 7) is 3.14. The Bertz CT molecular complexity index is 981. The van der Waals surface area contributed by atoms with Crippen LogP contribution in [0.1, 0.15) is 35.7 Å². The lowest BCUT2D eigenvalue weighted by molar-refractivity contribution is -0.131. The van der Waals surface area contributed by atoms with Crippen LogP contribution in [0.4, 0.5) is 0 Å². The minimum absolute atomic E-state index is 0.0825. The summed E-state index contributed by atoms with van der Waals surface area (Å²) in [6, 6.07) is 13.9. The first kappa shape index (κ1) is 22.6. The average molecular weight is 441 g/mol. The maximum Gasteiger partial charge on any atom is 0.308 e. The molecule has 2 amide bonds. The van der Waals surface area contributed by atoms with Crippen LogP contribution in [0.15, 0.2) is 54.6 Å². The molecule has 1 aliphatic rings. The fraction of sp³-hybridized carbons (Fsp3) is 0.292. The number of carbonyl (C=O) groups is 3. The van der Waals surface area contributed by atoms with E-state index in [1.807, 2.05) is 12.1 Å². The van der Waals surface area contributed by atoms with E-state index in [0.717, 1.165) is 18.4 Å². The maximum atomic E-state index is 12.8. The third kappa shape index (κ3) is 6.96. The van der Waals surface area contributed by atoms with Gasteiger partial charge in [-0.25, -0.2) is 0 Å². The van der Waals surface area contributed by atoms with Crippen molar-refractivity contribution in [2.24, 2.45) is 5.92 Å². The Morgan fingerprint density at radius 1 is 1.13 bits per heavy atom. The number of ether oxygens (including phenoxy) is 1. The topological polar surface area (TPSA) is 75.7 Å². The minimum atomic E-state index is -0.421. The van der Waals surface area contributed by atoms with Crippen LogP contribution in [0.3, 0.4) is 0 Å². The molecule has 1 aliphatic heterocycles. The smallest absolute Gasteiger partial charge is 0.308 e. The first-order valence-corrected chi connectivity index (χ1v) is 10.6. The van der Waals surface area contributed by atoms with Crippen molar-refractivity contribution in [1.29, 1.82) is 0 Å². The monoisotopic (exact) mass is 440 g/mol. The molecule has 0 spiro atoms. The molecule has 6 nitrogen and oxygen atoms in total. The second kappa shape index (κ2) is 10.8. The third-order valence-electron chi connectivity index (χ3n) is 5.09. The Kier molecular flexibility index (Phi) is 7.84. The molecular formula is C24H25ClN2O4. The third-order valence-corrected chi connectivity index (χ3v) is 5.32. The Balaban J connectivity index is 1.44. The van der Waals surface area contributed by atoms with Crippen molar-refractivity contribution in [3.8, 4) is 5.75 Å². The van der Waals surface area contributed by atoms with Gasteiger partial charge >= 0.3 is 5.97 Å². The number of amides is 2. The quantitative estimate of drug-likeness (QED) is 0.419. The molecule has 1 N–H and O–H groups in total. The molecule has 0 bridgehead atoms. The number of halogens is 1. The second-order valence-electron chi connectivity index (χ2n) is 7.49. The Hall–Kier alpha value is -3.12.